The fourth-order valence-corrected chi connectivity index (χ4v) is 8.67. The summed E-state index contributed by atoms with van der Waals surface area (Å²) in [5, 5.41) is 24.7. The Morgan fingerprint density at radius 3 is 2.12 bits per heavy atom. The second-order valence-corrected chi connectivity index (χ2v) is 19.5. The molecule has 5 amide bonds. The van der Waals surface area contributed by atoms with E-state index >= 15 is 4.39 Å². The van der Waals surface area contributed by atoms with Crippen LogP contribution in [0.25, 0.3) is 5.65 Å². The highest BCUT2D eigenvalue weighted by Gasteiger charge is 2.29. The van der Waals surface area contributed by atoms with Crippen molar-refractivity contribution in [3.8, 4) is 0 Å². The number of nitrogens with one attached hydrogen (secondary N) is 6. The Bertz CT molecular complexity index is 2790. The summed E-state index contributed by atoms with van der Waals surface area (Å²) in [4.78, 5) is 80.5. The summed E-state index contributed by atoms with van der Waals surface area (Å²) in [7, 11) is 0. The molecule has 1 fully saturated rings. The maximum atomic E-state index is 16.7. The first kappa shape index (κ1) is 57.7. The molecule has 76 heavy (non-hydrogen) atoms. The van der Waals surface area contributed by atoms with Gasteiger partial charge in [-0.3, -0.25) is 34.8 Å². The van der Waals surface area contributed by atoms with Crippen molar-refractivity contribution in [3.05, 3.63) is 114 Å². The number of aromatic nitrogens is 3. The van der Waals surface area contributed by atoms with E-state index in [4.69, 9.17) is 29.0 Å². The number of piperidine rings is 1. The lowest BCUT2D eigenvalue weighted by molar-refractivity contribution is -0.138. The second kappa shape index (κ2) is 28.9. The second-order valence-electron chi connectivity index (χ2n) is 18.2. The van der Waals surface area contributed by atoms with E-state index in [0.29, 0.717) is 59.9 Å². The number of ether oxygens (including phenoxy) is 4. The standard InChI is InChI=1S/C53H65FN10O11S/c1-6-43(65)56-37-16-12-36(13-17-37)50(69)58-40-9-7-8-39(30-40)57-49-46(54)52(60-48-42(33(2)3)31-55-64(48)49)76-41-18-22-63(23-19-41)53(71)75-32-35-10-14-38(15-11-35)61-62-51(70)47(34(4)5)59-44(66)20-24-72-26-28-74-29-27-73-25-21-45(67)68/h6-17,30-31,33-34,41,47,57,61H,1,18-29,32H2,2-5H3,(H,56,65)(H,58,69)(H,59,66)(H,62,70)(H,67,68). The molecule has 2 aromatic heterocycles. The van der Waals surface area contributed by atoms with Crippen LogP contribution in [0.3, 0.4) is 0 Å². The fourth-order valence-electron chi connectivity index (χ4n) is 7.57. The molecule has 23 heteroatoms. The third kappa shape index (κ3) is 17.5. The zero-order chi connectivity index (χ0) is 54.6. The van der Waals surface area contributed by atoms with E-state index in [1.807, 2.05) is 27.7 Å². The zero-order valence-electron chi connectivity index (χ0n) is 42.9. The minimum Gasteiger partial charge on any atom is -0.481 e. The molecule has 0 saturated carbocycles. The number of hydrogen-bond acceptors (Lipinski definition) is 15. The summed E-state index contributed by atoms with van der Waals surface area (Å²) in [6.07, 6.45) is 3.46. The summed E-state index contributed by atoms with van der Waals surface area (Å²) in [6.45, 7) is 13.2. The van der Waals surface area contributed by atoms with Gasteiger partial charge in [0.2, 0.25) is 11.8 Å². The number of carbonyl (C=O) groups is 6. The molecule has 1 aliphatic heterocycles. The Morgan fingerprint density at radius 2 is 1.47 bits per heavy atom. The lowest BCUT2D eigenvalue weighted by Crippen LogP contribution is -2.51. The Balaban J connectivity index is 0.939. The van der Waals surface area contributed by atoms with Crippen molar-refractivity contribution in [2.45, 2.75) is 82.2 Å². The molecule has 1 atom stereocenters. The number of nitrogens with zero attached hydrogens (tertiary/aromatic N) is 4. The van der Waals surface area contributed by atoms with E-state index in [-0.39, 0.29) is 105 Å². The Hall–Kier alpha value is -7.60. The van der Waals surface area contributed by atoms with Gasteiger partial charge in [-0.15, -0.1) is 0 Å². The minimum atomic E-state index is -0.929. The van der Waals surface area contributed by atoms with Crippen LogP contribution >= 0.6 is 11.8 Å². The Labute approximate surface area is 444 Å². The van der Waals surface area contributed by atoms with Gasteiger partial charge in [0.25, 0.3) is 11.8 Å². The molecule has 3 heterocycles. The van der Waals surface area contributed by atoms with Gasteiger partial charge in [0.05, 0.1) is 57.9 Å². The van der Waals surface area contributed by atoms with E-state index in [9.17, 15) is 28.8 Å². The van der Waals surface area contributed by atoms with Gasteiger partial charge in [-0.25, -0.2) is 9.78 Å². The number of thioether (sulfide) groups is 1. The highest BCUT2D eigenvalue weighted by Crippen LogP contribution is 2.36. The predicted molar refractivity (Wildman–Crippen MR) is 285 cm³/mol. The van der Waals surface area contributed by atoms with Crippen molar-refractivity contribution in [3.63, 3.8) is 0 Å². The monoisotopic (exact) mass is 1070 g/mol. The lowest BCUT2D eigenvalue weighted by atomic mass is 10.0. The van der Waals surface area contributed by atoms with Crippen molar-refractivity contribution in [2.75, 3.05) is 74.1 Å². The average molecular weight is 1070 g/mol. The molecule has 406 valence electrons. The third-order valence-electron chi connectivity index (χ3n) is 11.8. The fraction of sp³-hybridized carbons (Fsp3) is 0.396. The summed E-state index contributed by atoms with van der Waals surface area (Å²) in [5.41, 5.74) is 9.95. The number of carbonyl (C=O) groups excluding carboxylic acids is 5. The first-order chi connectivity index (χ1) is 36.6. The lowest BCUT2D eigenvalue weighted by Gasteiger charge is -2.31. The first-order valence-electron chi connectivity index (χ1n) is 24.8. The summed E-state index contributed by atoms with van der Waals surface area (Å²) < 4.78 is 39.7. The van der Waals surface area contributed by atoms with E-state index in [2.05, 4.69) is 43.8 Å². The number of anilines is 5. The maximum Gasteiger partial charge on any atom is 0.410 e. The summed E-state index contributed by atoms with van der Waals surface area (Å²) in [6, 6.07) is 19.4. The van der Waals surface area contributed by atoms with E-state index in [1.165, 1.54) is 16.3 Å². The van der Waals surface area contributed by atoms with Crippen molar-refractivity contribution in [2.24, 2.45) is 5.92 Å². The largest absolute Gasteiger partial charge is 0.481 e. The van der Waals surface area contributed by atoms with Crippen LogP contribution < -0.4 is 32.1 Å². The molecule has 0 spiro atoms. The van der Waals surface area contributed by atoms with Gasteiger partial charge in [0.15, 0.2) is 17.3 Å². The Kier molecular flexibility index (Phi) is 21.9. The van der Waals surface area contributed by atoms with Gasteiger partial charge in [-0.05, 0) is 90.9 Å². The van der Waals surface area contributed by atoms with Crippen LogP contribution in [-0.4, -0.2) is 124 Å². The van der Waals surface area contributed by atoms with E-state index < -0.39 is 29.8 Å². The first-order valence-corrected chi connectivity index (χ1v) is 25.7. The maximum absolute atomic E-state index is 16.7. The number of hydrazine groups is 1. The van der Waals surface area contributed by atoms with Gasteiger partial charge >= 0.3 is 12.1 Å². The van der Waals surface area contributed by atoms with Crippen LogP contribution in [0.15, 0.2) is 96.7 Å². The van der Waals surface area contributed by atoms with Crippen LogP contribution in [0.1, 0.15) is 80.8 Å². The van der Waals surface area contributed by atoms with Crippen molar-refractivity contribution < 1.29 is 57.2 Å². The van der Waals surface area contributed by atoms with Crippen LogP contribution in [0.2, 0.25) is 0 Å². The number of rotatable bonds is 28. The van der Waals surface area contributed by atoms with Gasteiger partial charge in [0.1, 0.15) is 17.7 Å². The number of hydrogen-bond donors (Lipinski definition) is 7. The SMILES string of the molecule is C=CC(=O)Nc1ccc(C(=O)Nc2cccc(Nc3c(F)c(SC4CCN(C(=O)OCc5ccc(NNC(=O)C(NC(=O)CCOCCOCCOCCC(=O)O)C(C)C)cc5)CC4)nc4c(C(C)C)cnn34)c2)cc1. The van der Waals surface area contributed by atoms with Crippen LogP contribution in [-0.2, 0) is 44.7 Å². The van der Waals surface area contributed by atoms with Gasteiger partial charge in [-0.1, -0.05) is 64.2 Å². The molecular weight excluding hydrogens is 1000 g/mol. The van der Waals surface area contributed by atoms with Crippen LogP contribution in [0, 0.1) is 11.7 Å². The molecule has 0 bridgehead atoms. The number of aliphatic carboxylic acids is 1. The summed E-state index contributed by atoms with van der Waals surface area (Å²) >= 11 is 1.31. The average Bonchev–Trinajstić information content (AvgIpc) is 3.85. The normalized spacial score (nSPS) is 13.0. The number of likely N-dealkylation sites (tertiary alicyclic amines) is 1. The predicted octanol–water partition coefficient (Wildman–Crippen LogP) is 7.50. The minimum absolute atomic E-state index is 0.0136. The molecule has 1 unspecified atom stereocenters. The molecule has 1 aliphatic rings. The van der Waals surface area contributed by atoms with Crippen LogP contribution in [0.5, 0.6) is 0 Å². The topological polar surface area (TPSA) is 265 Å². The number of carboxylic acid groups (broad SMARTS) is 1. The molecular formula is C53H65FN10O11S. The molecule has 21 nitrogen and oxygen atoms in total. The third-order valence-corrected chi connectivity index (χ3v) is 13.1. The number of carboxylic acids is 1. The molecule has 3 aromatic carbocycles. The van der Waals surface area contributed by atoms with Gasteiger partial charge in [-0.2, -0.15) is 14.0 Å². The quantitative estimate of drug-likeness (QED) is 0.0111. The zero-order valence-corrected chi connectivity index (χ0v) is 43.7. The highest BCUT2D eigenvalue weighted by atomic mass is 32.2. The van der Waals surface area contributed by atoms with Gasteiger partial charge < -0.3 is 50.2 Å². The highest BCUT2D eigenvalue weighted by molar-refractivity contribution is 7.99. The van der Waals surface area contributed by atoms with E-state index in [0.717, 1.165) is 17.2 Å². The van der Waals surface area contributed by atoms with Crippen molar-refractivity contribution in [1.82, 2.24) is 30.2 Å². The number of amides is 5. The summed E-state index contributed by atoms with van der Waals surface area (Å²) in [5.74, 6) is -3.16. The number of benzene rings is 3. The smallest absolute Gasteiger partial charge is 0.410 e. The molecule has 5 aromatic rings. The molecule has 7 N–H and O–H groups in total. The molecule has 0 aliphatic carbocycles. The van der Waals surface area contributed by atoms with Gasteiger partial charge in [0, 0.05) is 52.9 Å². The van der Waals surface area contributed by atoms with Crippen LogP contribution in [0.4, 0.5) is 37.8 Å². The van der Waals surface area contributed by atoms with Crippen molar-refractivity contribution in [1.29, 1.82) is 0 Å². The Morgan fingerprint density at radius 1 is 0.829 bits per heavy atom. The molecule has 0 radical (unpaired) electrons. The van der Waals surface area contributed by atoms with Crippen molar-refractivity contribution >= 4 is 81.7 Å². The number of halogens is 1. The molecule has 6 rings (SSSR count). The number of fused-ring (bicyclic) bond motifs is 1. The molecule has 1 saturated heterocycles. The van der Waals surface area contributed by atoms with E-state index in [1.54, 1.807) is 83.9 Å².